The maximum absolute atomic E-state index is 6.24. The molecule has 0 bridgehead atoms. The summed E-state index contributed by atoms with van der Waals surface area (Å²) in [5, 5.41) is 0. The first-order valence-electron chi connectivity index (χ1n) is 9.45. The van der Waals surface area contributed by atoms with Gasteiger partial charge in [-0.05, 0) is 42.3 Å². The van der Waals surface area contributed by atoms with Gasteiger partial charge in [-0.1, -0.05) is 6.07 Å². The monoisotopic (exact) mass is 369 g/mol. The van der Waals surface area contributed by atoms with Gasteiger partial charge in [0.25, 0.3) is 0 Å². The summed E-state index contributed by atoms with van der Waals surface area (Å²) in [6, 6.07) is 12.5. The van der Waals surface area contributed by atoms with Crippen LogP contribution in [0.2, 0.25) is 0 Å². The largest absolute Gasteiger partial charge is 0.457 e. The number of anilines is 1. The smallest absolute Gasteiger partial charge is 0.143 e. The number of rotatable bonds is 2. The Kier molecular flexibility index (Phi) is 3.17. The van der Waals surface area contributed by atoms with E-state index in [9.17, 15) is 0 Å². The molecular weight excluding hydrogens is 350 g/mol. The fourth-order valence-electron chi connectivity index (χ4n) is 4.22. The van der Waals surface area contributed by atoms with E-state index in [0.717, 1.165) is 53.9 Å². The number of ether oxygens (including phenoxy) is 1. The summed E-state index contributed by atoms with van der Waals surface area (Å²) < 4.78 is 10.6. The average Bonchev–Trinajstić information content (AvgIpc) is 3.37. The number of hydrogen-bond donors (Lipinski definition) is 0. The molecule has 4 heterocycles. The molecule has 2 aromatic carbocycles. The summed E-state index contributed by atoms with van der Waals surface area (Å²) >= 11 is 0. The van der Waals surface area contributed by atoms with Crippen LogP contribution in [0.15, 0.2) is 61.2 Å². The molecule has 6 heteroatoms. The van der Waals surface area contributed by atoms with Crippen molar-refractivity contribution in [2.45, 2.75) is 19.6 Å². The Morgan fingerprint density at radius 1 is 0.857 bits per heavy atom. The fourth-order valence-corrected chi connectivity index (χ4v) is 4.22. The second-order valence-electron chi connectivity index (χ2n) is 7.35. The Hall–Kier alpha value is -3.54. The normalized spacial score (nSPS) is 14.1. The molecule has 4 aromatic rings. The fraction of sp³-hybridized carbons (Fsp3) is 0.182. The Balaban J connectivity index is 1.38. The second kappa shape index (κ2) is 5.73. The molecule has 2 aromatic heterocycles. The predicted octanol–water partition coefficient (Wildman–Crippen LogP) is 4.17. The van der Waals surface area contributed by atoms with Crippen molar-refractivity contribution in [1.82, 2.24) is 19.1 Å². The van der Waals surface area contributed by atoms with E-state index >= 15 is 0 Å². The van der Waals surface area contributed by atoms with Crippen LogP contribution in [0.25, 0.3) is 22.8 Å². The Labute approximate surface area is 162 Å². The van der Waals surface area contributed by atoms with Crippen LogP contribution in [0.3, 0.4) is 0 Å². The number of fused-ring (bicyclic) bond motifs is 6. The van der Waals surface area contributed by atoms with Crippen LogP contribution in [0.1, 0.15) is 5.56 Å². The number of aryl methyl sites for hydroxylation is 2. The number of hydrogen-bond acceptors (Lipinski definition) is 4. The zero-order valence-corrected chi connectivity index (χ0v) is 15.5. The molecule has 0 spiro atoms. The molecule has 0 fully saturated rings. The van der Waals surface area contributed by atoms with Crippen LogP contribution in [0, 0.1) is 0 Å². The molecule has 0 saturated heterocycles. The molecule has 0 atom stereocenters. The minimum atomic E-state index is 0.806. The van der Waals surface area contributed by atoms with Gasteiger partial charge in [0, 0.05) is 55.2 Å². The van der Waals surface area contributed by atoms with Gasteiger partial charge in [0.1, 0.15) is 23.1 Å². The molecule has 0 saturated carbocycles. The summed E-state index contributed by atoms with van der Waals surface area (Å²) in [7, 11) is 2.09. The van der Waals surface area contributed by atoms with E-state index in [1.165, 1.54) is 11.3 Å². The van der Waals surface area contributed by atoms with Crippen LogP contribution in [-0.4, -0.2) is 26.1 Å². The molecule has 0 radical (unpaired) electrons. The first kappa shape index (κ1) is 15.5. The van der Waals surface area contributed by atoms with Crippen LogP contribution < -0.4 is 9.64 Å². The Morgan fingerprint density at radius 2 is 1.57 bits per heavy atom. The van der Waals surface area contributed by atoms with Gasteiger partial charge in [-0.25, -0.2) is 9.97 Å². The van der Waals surface area contributed by atoms with Gasteiger partial charge >= 0.3 is 0 Å². The van der Waals surface area contributed by atoms with Crippen molar-refractivity contribution < 1.29 is 4.74 Å². The topological polar surface area (TPSA) is 48.1 Å². The SMILES string of the molecule is CN1Cn2ccnc2-c2cc(Oc3ccc4c(c3)-c3nccn3CC4)ccc21. The third-order valence-electron chi connectivity index (χ3n) is 5.60. The zero-order valence-electron chi connectivity index (χ0n) is 15.5. The molecule has 2 aliphatic heterocycles. The highest BCUT2D eigenvalue weighted by Crippen LogP contribution is 2.38. The zero-order chi connectivity index (χ0) is 18.7. The van der Waals surface area contributed by atoms with E-state index < -0.39 is 0 Å². The van der Waals surface area contributed by atoms with Gasteiger partial charge < -0.3 is 18.8 Å². The van der Waals surface area contributed by atoms with Gasteiger partial charge in [0.2, 0.25) is 0 Å². The van der Waals surface area contributed by atoms with Gasteiger partial charge in [-0.15, -0.1) is 0 Å². The third kappa shape index (κ3) is 2.27. The number of benzene rings is 2. The molecule has 6 rings (SSSR count). The van der Waals surface area contributed by atoms with Gasteiger partial charge in [-0.2, -0.15) is 0 Å². The van der Waals surface area contributed by atoms with Crippen molar-refractivity contribution >= 4 is 5.69 Å². The minimum absolute atomic E-state index is 0.806. The molecule has 138 valence electrons. The van der Waals surface area contributed by atoms with Gasteiger partial charge in [0.15, 0.2) is 0 Å². The quantitative estimate of drug-likeness (QED) is 0.532. The molecular formula is C22H19N5O. The summed E-state index contributed by atoms with van der Waals surface area (Å²) in [6.45, 7) is 1.79. The number of nitrogens with zero attached hydrogens (tertiary/aromatic N) is 5. The van der Waals surface area contributed by atoms with Crippen LogP contribution in [-0.2, 0) is 19.6 Å². The maximum Gasteiger partial charge on any atom is 0.143 e. The lowest BCUT2D eigenvalue weighted by molar-refractivity contribution is 0.482. The number of imidazole rings is 2. The van der Waals surface area contributed by atoms with Gasteiger partial charge in [0.05, 0.1) is 6.67 Å². The van der Waals surface area contributed by atoms with E-state index in [-0.39, 0.29) is 0 Å². The molecule has 0 N–H and O–H groups in total. The highest BCUT2D eigenvalue weighted by molar-refractivity contribution is 5.78. The third-order valence-corrected chi connectivity index (χ3v) is 5.60. The predicted molar refractivity (Wildman–Crippen MR) is 108 cm³/mol. The van der Waals surface area contributed by atoms with E-state index in [1.54, 1.807) is 0 Å². The van der Waals surface area contributed by atoms with Gasteiger partial charge in [-0.3, -0.25) is 0 Å². The second-order valence-corrected chi connectivity index (χ2v) is 7.35. The average molecular weight is 369 g/mol. The van der Waals surface area contributed by atoms with E-state index in [1.807, 2.05) is 36.9 Å². The molecule has 28 heavy (non-hydrogen) atoms. The van der Waals surface area contributed by atoms with Crippen LogP contribution in [0.4, 0.5) is 5.69 Å². The van der Waals surface area contributed by atoms with Crippen molar-refractivity contribution in [1.29, 1.82) is 0 Å². The van der Waals surface area contributed by atoms with Crippen molar-refractivity contribution in [3.63, 3.8) is 0 Å². The van der Waals surface area contributed by atoms with E-state index in [2.05, 4.69) is 55.3 Å². The maximum atomic E-state index is 6.24. The summed E-state index contributed by atoms with van der Waals surface area (Å²) in [5.74, 6) is 3.62. The summed E-state index contributed by atoms with van der Waals surface area (Å²) in [5.41, 5.74) is 4.73. The van der Waals surface area contributed by atoms with Crippen molar-refractivity contribution in [3.05, 3.63) is 66.7 Å². The summed E-state index contributed by atoms with van der Waals surface area (Å²) in [4.78, 5) is 11.3. The highest BCUT2D eigenvalue weighted by atomic mass is 16.5. The van der Waals surface area contributed by atoms with Crippen LogP contribution >= 0.6 is 0 Å². The highest BCUT2D eigenvalue weighted by Gasteiger charge is 2.21. The Morgan fingerprint density at radius 3 is 2.43 bits per heavy atom. The molecule has 2 aliphatic rings. The van der Waals surface area contributed by atoms with E-state index in [4.69, 9.17) is 4.74 Å². The lowest BCUT2D eigenvalue weighted by Crippen LogP contribution is -2.26. The first-order valence-corrected chi connectivity index (χ1v) is 9.45. The lowest BCUT2D eigenvalue weighted by atomic mass is 10.0. The van der Waals surface area contributed by atoms with Crippen molar-refractivity contribution in [2.24, 2.45) is 0 Å². The number of aromatic nitrogens is 4. The molecule has 6 nitrogen and oxygen atoms in total. The summed E-state index contributed by atoms with van der Waals surface area (Å²) in [6.07, 6.45) is 8.77. The Bertz CT molecular complexity index is 1210. The standard InChI is InChI=1S/C22H19N5O/c1-25-14-27-11-8-24-22(27)19-13-17(4-5-20(19)25)28-16-3-2-15-6-9-26-10-7-23-21(26)18(15)12-16/h2-5,7-8,10-13H,6,9,14H2,1H3. The molecule has 0 aliphatic carbocycles. The van der Waals surface area contributed by atoms with E-state index in [0.29, 0.717) is 0 Å². The van der Waals surface area contributed by atoms with Crippen LogP contribution in [0.5, 0.6) is 11.5 Å². The van der Waals surface area contributed by atoms with Crippen molar-refractivity contribution in [3.8, 4) is 34.3 Å². The first-order chi connectivity index (χ1) is 13.8. The molecule has 0 unspecified atom stereocenters. The minimum Gasteiger partial charge on any atom is -0.457 e. The lowest BCUT2D eigenvalue weighted by Gasteiger charge is -2.29. The van der Waals surface area contributed by atoms with Crippen molar-refractivity contribution in [2.75, 3.05) is 11.9 Å². The molecule has 0 amide bonds.